The van der Waals surface area contributed by atoms with Crippen LogP contribution in [0.3, 0.4) is 0 Å². The quantitative estimate of drug-likeness (QED) is 0.894. The number of halogens is 2. The van der Waals surface area contributed by atoms with Crippen LogP contribution in [-0.4, -0.2) is 5.91 Å². The molecule has 2 aromatic carbocycles. The second kappa shape index (κ2) is 5.13. The molecule has 0 aliphatic carbocycles. The van der Waals surface area contributed by atoms with Gasteiger partial charge in [0.15, 0.2) is 0 Å². The Balaban J connectivity index is 2.02. The highest BCUT2D eigenvalue weighted by Gasteiger charge is 2.22. The lowest BCUT2D eigenvalue weighted by atomic mass is 9.96. The van der Waals surface area contributed by atoms with Crippen molar-refractivity contribution in [2.75, 3.05) is 5.32 Å². The fourth-order valence-electron chi connectivity index (χ4n) is 2.55. The van der Waals surface area contributed by atoms with Gasteiger partial charge in [-0.05, 0) is 47.4 Å². The lowest BCUT2D eigenvalue weighted by Gasteiger charge is -2.16. The van der Waals surface area contributed by atoms with Gasteiger partial charge in [-0.1, -0.05) is 23.7 Å². The third-order valence-electron chi connectivity index (χ3n) is 3.72. The van der Waals surface area contributed by atoms with Crippen molar-refractivity contribution < 1.29 is 9.18 Å². The highest BCUT2D eigenvalue weighted by molar-refractivity contribution is 6.32. The molecule has 1 amide bonds. The molecule has 2 aromatic rings. The summed E-state index contributed by atoms with van der Waals surface area (Å²) in [5.41, 5.74) is 9.93. The van der Waals surface area contributed by atoms with Gasteiger partial charge in [-0.15, -0.1) is 0 Å². The van der Waals surface area contributed by atoms with Crippen LogP contribution in [0.4, 0.5) is 10.1 Å². The first kappa shape index (κ1) is 14.0. The van der Waals surface area contributed by atoms with E-state index in [-0.39, 0.29) is 11.7 Å². The summed E-state index contributed by atoms with van der Waals surface area (Å²) in [6.45, 7) is 1.69. The molecule has 0 spiro atoms. The predicted octanol–water partition coefficient (Wildman–Crippen LogP) is 3.33. The van der Waals surface area contributed by atoms with Crippen LogP contribution in [0.2, 0.25) is 5.02 Å². The molecular weight excluding hydrogens is 291 g/mol. The van der Waals surface area contributed by atoms with Gasteiger partial charge in [0.25, 0.3) is 0 Å². The van der Waals surface area contributed by atoms with Crippen LogP contribution >= 0.6 is 11.6 Å². The molecular formula is C16H14ClFN2O. The first-order chi connectivity index (χ1) is 9.95. The van der Waals surface area contributed by atoms with Crippen LogP contribution in [0, 0.1) is 12.7 Å². The molecule has 1 aliphatic heterocycles. The summed E-state index contributed by atoms with van der Waals surface area (Å²) in [5.74, 6) is -0.315. The number of anilines is 1. The largest absolute Gasteiger partial charge is 0.325 e. The SMILES string of the molecule is Cc1cc(C(N)c2cc3c(cc2Cl)NC(=O)C3)ccc1F. The maximum Gasteiger partial charge on any atom is 0.228 e. The molecule has 108 valence electrons. The minimum absolute atomic E-state index is 0.0515. The highest BCUT2D eigenvalue weighted by Crippen LogP contribution is 2.34. The topological polar surface area (TPSA) is 55.1 Å². The summed E-state index contributed by atoms with van der Waals surface area (Å²) >= 11 is 6.27. The van der Waals surface area contributed by atoms with E-state index in [1.165, 1.54) is 6.07 Å². The van der Waals surface area contributed by atoms with E-state index in [9.17, 15) is 9.18 Å². The van der Waals surface area contributed by atoms with Gasteiger partial charge in [-0.2, -0.15) is 0 Å². The maximum atomic E-state index is 13.4. The molecule has 3 N–H and O–H groups in total. The van der Waals surface area contributed by atoms with Gasteiger partial charge in [0, 0.05) is 10.7 Å². The van der Waals surface area contributed by atoms with Crippen molar-refractivity contribution in [3.8, 4) is 0 Å². The number of hydrogen-bond donors (Lipinski definition) is 2. The Labute approximate surface area is 126 Å². The van der Waals surface area contributed by atoms with Gasteiger partial charge in [-0.25, -0.2) is 4.39 Å². The van der Waals surface area contributed by atoms with E-state index in [0.717, 1.165) is 22.4 Å². The van der Waals surface area contributed by atoms with Crippen molar-refractivity contribution in [3.63, 3.8) is 0 Å². The van der Waals surface area contributed by atoms with Crippen LogP contribution in [0.1, 0.15) is 28.3 Å². The van der Waals surface area contributed by atoms with E-state index < -0.39 is 6.04 Å². The molecule has 1 heterocycles. The van der Waals surface area contributed by atoms with Crippen molar-refractivity contribution in [2.24, 2.45) is 5.73 Å². The number of nitrogens with two attached hydrogens (primary N) is 1. The van der Waals surface area contributed by atoms with Gasteiger partial charge >= 0.3 is 0 Å². The second-order valence-corrected chi connectivity index (χ2v) is 5.65. The number of rotatable bonds is 2. The summed E-state index contributed by atoms with van der Waals surface area (Å²) in [5, 5.41) is 3.24. The number of amides is 1. The fourth-order valence-corrected chi connectivity index (χ4v) is 2.83. The van der Waals surface area contributed by atoms with Gasteiger partial charge in [0.2, 0.25) is 5.91 Å². The van der Waals surface area contributed by atoms with Crippen molar-refractivity contribution >= 4 is 23.2 Å². The molecule has 0 fully saturated rings. The average Bonchev–Trinajstić information content (AvgIpc) is 2.79. The molecule has 3 rings (SSSR count). The summed E-state index contributed by atoms with van der Waals surface area (Å²) in [6.07, 6.45) is 0.328. The Morgan fingerprint density at radius 3 is 2.81 bits per heavy atom. The molecule has 1 aliphatic rings. The average molecular weight is 305 g/mol. The second-order valence-electron chi connectivity index (χ2n) is 5.24. The molecule has 0 aromatic heterocycles. The normalized spacial score (nSPS) is 14.8. The fraction of sp³-hybridized carbons (Fsp3) is 0.188. The van der Waals surface area contributed by atoms with Gasteiger partial charge in [0.1, 0.15) is 5.82 Å². The van der Waals surface area contributed by atoms with E-state index in [1.54, 1.807) is 25.1 Å². The molecule has 5 heteroatoms. The number of aryl methyl sites for hydroxylation is 1. The zero-order valence-electron chi connectivity index (χ0n) is 11.4. The Bertz CT molecular complexity index is 745. The van der Waals surface area contributed by atoms with Crippen molar-refractivity contribution in [1.82, 2.24) is 0 Å². The van der Waals surface area contributed by atoms with E-state index in [0.29, 0.717) is 17.0 Å². The third kappa shape index (κ3) is 2.52. The number of carbonyl (C=O) groups is 1. The minimum Gasteiger partial charge on any atom is -0.325 e. The van der Waals surface area contributed by atoms with Crippen LogP contribution in [-0.2, 0) is 11.2 Å². The van der Waals surface area contributed by atoms with E-state index >= 15 is 0 Å². The minimum atomic E-state index is -0.460. The molecule has 21 heavy (non-hydrogen) atoms. The van der Waals surface area contributed by atoms with Crippen molar-refractivity contribution in [3.05, 3.63) is 63.4 Å². The van der Waals surface area contributed by atoms with Gasteiger partial charge in [0.05, 0.1) is 12.5 Å². The number of nitrogens with one attached hydrogen (secondary N) is 1. The first-order valence-electron chi connectivity index (χ1n) is 6.59. The molecule has 1 atom stereocenters. The summed E-state index contributed by atoms with van der Waals surface area (Å²) < 4.78 is 13.4. The van der Waals surface area contributed by atoms with Crippen molar-refractivity contribution in [1.29, 1.82) is 0 Å². The molecule has 0 bridgehead atoms. The van der Waals surface area contributed by atoms with Crippen LogP contribution < -0.4 is 11.1 Å². The lowest BCUT2D eigenvalue weighted by Crippen LogP contribution is -2.13. The Kier molecular flexibility index (Phi) is 3.43. The summed E-state index contributed by atoms with van der Waals surface area (Å²) in [6, 6.07) is 7.87. The molecule has 3 nitrogen and oxygen atoms in total. The molecule has 0 saturated carbocycles. The number of fused-ring (bicyclic) bond motifs is 1. The number of hydrogen-bond acceptors (Lipinski definition) is 2. The van der Waals surface area contributed by atoms with E-state index in [2.05, 4.69) is 5.32 Å². The van der Waals surface area contributed by atoms with Crippen LogP contribution in [0.15, 0.2) is 30.3 Å². The lowest BCUT2D eigenvalue weighted by molar-refractivity contribution is -0.115. The van der Waals surface area contributed by atoms with Gasteiger partial charge in [-0.3, -0.25) is 4.79 Å². The summed E-state index contributed by atoms with van der Waals surface area (Å²) in [4.78, 5) is 11.4. The molecule has 1 unspecified atom stereocenters. The zero-order valence-corrected chi connectivity index (χ0v) is 12.2. The van der Waals surface area contributed by atoms with E-state index in [1.807, 2.05) is 6.07 Å². The maximum absolute atomic E-state index is 13.4. The Morgan fingerprint density at radius 1 is 1.33 bits per heavy atom. The number of benzene rings is 2. The molecule has 0 saturated heterocycles. The smallest absolute Gasteiger partial charge is 0.228 e. The third-order valence-corrected chi connectivity index (χ3v) is 4.05. The number of carbonyl (C=O) groups excluding carboxylic acids is 1. The first-order valence-corrected chi connectivity index (χ1v) is 6.97. The highest BCUT2D eigenvalue weighted by atomic mass is 35.5. The van der Waals surface area contributed by atoms with Gasteiger partial charge < -0.3 is 11.1 Å². The summed E-state index contributed by atoms with van der Waals surface area (Å²) in [7, 11) is 0. The Morgan fingerprint density at radius 2 is 2.10 bits per heavy atom. The Hall–Kier alpha value is -1.91. The van der Waals surface area contributed by atoms with E-state index in [4.69, 9.17) is 17.3 Å². The zero-order chi connectivity index (χ0) is 15.1. The van der Waals surface area contributed by atoms with Crippen LogP contribution in [0.5, 0.6) is 0 Å². The monoisotopic (exact) mass is 304 g/mol. The predicted molar refractivity (Wildman–Crippen MR) is 81.0 cm³/mol. The van der Waals surface area contributed by atoms with Crippen LogP contribution in [0.25, 0.3) is 0 Å². The molecule has 0 radical (unpaired) electrons. The standard InChI is InChI=1S/C16H14ClFN2O/c1-8-4-9(2-3-13(8)18)16(19)11-5-10-6-15(21)20-14(10)7-12(11)17/h2-5,7,16H,6,19H2,1H3,(H,20,21). The van der Waals surface area contributed by atoms with Crippen molar-refractivity contribution in [2.45, 2.75) is 19.4 Å².